The number of imide groups is 1. The highest BCUT2D eigenvalue weighted by Crippen LogP contribution is 2.26. The summed E-state index contributed by atoms with van der Waals surface area (Å²) in [5, 5.41) is 5.65. The van der Waals surface area contributed by atoms with E-state index in [-0.39, 0.29) is 24.1 Å². The zero-order valence-corrected chi connectivity index (χ0v) is 15.2. The van der Waals surface area contributed by atoms with Gasteiger partial charge in [0, 0.05) is 29.9 Å². The molecule has 2 heterocycles. The lowest BCUT2D eigenvalue weighted by molar-refractivity contribution is -0.115. The van der Waals surface area contributed by atoms with E-state index in [1.165, 1.54) is 7.05 Å². The van der Waals surface area contributed by atoms with Crippen molar-refractivity contribution in [2.75, 3.05) is 12.4 Å². The highest BCUT2D eigenvalue weighted by Gasteiger charge is 2.34. The molecular formula is C20H15N3O3S. The van der Waals surface area contributed by atoms with E-state index in [2.05, 4.69) is 10.3 Å². The van der Waals surface area contributed by atoms with Crippen molar-refractivity contribution in [3.05, 3.63) is 70.7 Å². The molecule has 3 amide bonds. The number of thiazole rings is 1. The van der Waals surface area contributed by atoms with E-state index in [1.54, 1.807) is 35.7 Å². The van der Waals surface area contributed by atoms with Crippen molar-refractivity contribution in [1.29, 1.82) is 0 Å². The fourth-order valence-corrected chi connectivity index (χ4v) is 3.70. The van der Waals surface area contributed by atoms with Gasteiger partial charge in [0.15, 0.2) is 0 Å². The van der Waals surface area contributed by atoms with Crippen LogP contribution in [-0.4, -0.2) is 34.7 Å². The van der Waals surface area contributed by atoms with Crippen LogP contribution in [-0.2, 0) is 11.2 Å². The second-order valence-electron chi connectivity index (χ2n) is 6.15. The van der Waals surface area contributed by atoms with E-state index in [4.69, 9.17) is 0 Å². The fraction of sp³-hybridized carbons (Fsp3) is 0.100. The van der Waals surface area contributed by atoms with Gasteiger partial charge in [-0.3, -0.25) is 19.3 Å². The number of rotatable bonds is 4. The third-order valence-corrected chi connectivity index (χ3v) is 5.23. The Bertz CT molecular complexity index is 1040. The van der Waals surface area contributed by atoms with Crippen LogP contribution in [0.5, 0.6) is 0 Å². The van der Waals surface area contributed by atoms with Gasteiger partial charge in [-0.1, -0.05) is 12.1 Å². The van der Waals surface area contributed by atoms with Crippen molar-refractivity contribution in [3.63, 3.8) is 0 Å². The first kappa shape index (κ1) is 17.1. The molecule has 1 N–H and O–H groups in total. The number of aromatic nitrogens is 1. The summed E-state index contributed by atoms with van der Waals surface area (Å²) in [4.78, 5) is 42.1. The van der Waals surface area contributed by atoms with Gasteiger partial charge < -0.3 is 5.32 Å². The molecule has 6 nitrogen and oxygen atoms in total. The van der Waals surface area contributed by atoms with Crippen LogP contribution < -0.4 is 5.32 Å². The lowest BCUT2D eigenvalue weighted by Crippen LogP contribution is -2.24. The number of carbonyl (C=O) groups is 3. The molecule has 7 heteroatoms. The average molecular weight is 377 g/mol. The molecule has 27 heavy (non-hydrogen) atoms. The minimum absolute atomic E-state index is 0.0181. The summed E-state index contributed by atoms with van der Waals surface area (Å²) < 4.78 is 0. The summed E-state index contributed by atoms with van der Waals surface area (Å²) in [5.74, 6) is -0.957. The molecule has 4 rings (SSSR count). The van der Waals surface area contributed by atoms with Gasteiger partial charge in [0.2, 0.25) is 5.91 Å². The van der Waals surface area contributed by atoms with Gasteiger partial charge in [0.1, 0.15) is 5.01 Å². The Morgan fingerprint density at radius 3 is 2.59 bits per heavy atom. The fourth-order valence-electron chi connectivity index (χ4n) is 3.06. The monoisotopic (exact) mass is 377 g/mol. The van der Waals surface area contributed by atoms with Gasteiger partial charge in [-0.25, -0.2) is 4.98 Å². The van der Waals surface area contributed by atoms with Crippen molar-refractivity contribution < 1.29 is 14.4 Å². The molecule has 0 saturated carbocycles. The first-order chi connectivity index (χ1) is 13.0. The number of fused-ring (bicyclic) bond motifs is 1. The number of anilines is 1. The van der Waals surface area contributed by atoms with Crippen molar-refractivity contribution in [2.24, 2.45) is 0 Å². The van der Waals surface area contributed by atoms with Crippen molar-refractivity contribution in [1.82, 2.24) is 9.88 Å². The number of hydrogen-bond donors (Lipinski definition) is 1. The predicted molar refractivity (Wildman–Crippen MR) is 103 cm³/mol. The van der Waals surface area contributed by atoms with E-state index in [1.807, 2.05) is 29.6 Å². The maximum atomic E-state index is 12.4. The lowest BCUT2D eigenvalue weighted by atomic mass is 10.00. The van der Waals surface area contributed by atoms with E-state index in [0.29, 0.717) is 22.4 Å². The molecule has 0 radical (unpaired) electrons. The summed E-state index contributed by atoms with van der Waals surface area (Å²) in [7, 11) is 1.44. The summed E-state index contributed by atoms with van der Waals surface area (Å²) in [6, 6.07) is 12.4. The molecule has 3 aromatic rings. The van der Waals surface area contributed by atoms with Crippen LogP contribution >= 0.6 is 11.3 Å². The highest BCUT2D eigenvalue weighted by molar-refractivity contribution is 7.13. The van der Waals surface area contributed by atoms with Gasteiger partial charge in [-0.05, 0) is 35.9 Å². The van der Waals surface area contributed by atoms with Crippen molar-refractivity contribution >= 4 is 34.7 Å². The molecule has 0 fully saturated rings. The smallest absolute Gasteiger partial charge is 0.261 e. The zero-order chi connectivity index (χ0) is 19.0. The van der Waals surface area contributed by atoms with E-state index >= 15 is 0 Å². The van der Waals surface area contributed by atoms with Crippen LogP contribution in [0.1, 0.15) is 26.3 Å². The number of amides is 3. The SMILES string of the molecule is CN1C(=O)c2cccc(CC(=O)Nc3ccc(-c4nccs4)cc3)c2C1=O. The second kappa shape index (κ2) is 6.77. The van der Waals surface area contributed by atoms with Crippen molar-refractivity contribution in [3.8, 4) is 10.6 Å². The van der Waals surface area contributed by atoms with Gasteiger partial charge in [-0.2, -0.15) is 0 Å². The predicted octanol–water partition coefficient (Wildman–Crippen LogP) is 3.22. The van der Waals surface area contributed by atoms with Crippen LogP contribution in [0.15, 0.2) is 54.0 Å². The number of benzene rings is 2. The molecular weight excluding hydrogens is 362 g/mol. The average Bonchev–Trinajstić information content (AvgIpc) is 3.27. The zero-order valence-electron chi connectivity index (χ0n) is 14.4. The van der Waals surface area contributed by atoms with E-state index < -0.39 is 0 Å². The van der Waals surface area contributed by atoms with Crippen LogP contribution in [0.2, 0.25) is 0 Å². The van der Waals surface area contributed by atoms with Gasteiger partial charge in [0.25, 0.3) is 11.8 Å². The minimum Gasteiger partial charge on any atom is -0.326 e. The summed E-state index contributed by atoms with van der Waals surface area (Å²) in [6.07, 6.45) is 1.77. The topological polar surface area (TPSA) is 79.4 Å². The molecule has 0 saturated heterocycles. The van der Waals surface area contributed by atoms with Gasteiger partial charge in [-0.15, -0.1) is 11.3 Å². The van der Waals surface area contributed by atoms with E-state index in [0.717, 1.165) is 15.5 Å². The molecule has 2 aromatic carbocycles. The Labute approximate surface area is 159 Å². The van der Waals surface area contributed by atoms with Crippen LogP contribution in [0.25, 0.3) is 10.6 Å². The first-order valence-corrected chi connectivity index (χ1v) is 9.16. The molecule has 134 valence electrons. The lowest BCUT2D eigenvalue weighted by Gasteiger charge is -2.08. The largest absolute Gasteiger partial charge is 0.326 e. The Morgan fingerprint density at radius 1 is 1.11 bits per heavy atom. The Hall–Kier alpha value is -3.32. The second-order valence-corrected chi connectivity index (χ2v) is 7.04. The van der Waals surface area contributed by atoms with Gasteiger partial charge >= 0.3 is 0 Å². The first-order valence-electron chi connectivity index (χ1n) is 8.28. The Morgan fingerprint density at radius 2 is 1.89 bits per heavy atom. The minimum atomic E-state index is -0.369. The molecule has 0 unspecified atom stereocenters. The summed E-state index contributed by atoms with van der Waals surface area (Å²) in [5.41, 5.74) is 2.86. The Balaban J connectivity index is 1.50. The highest BCUT2D eigenvalue weighted by atomic mass is 32.1. The number of hydrogen-bond acceptors (Lipinski definition) is 5. The molecule has 0 bridgehead atoms. The number of nitrogens with one attached hydrogen (secondary N) is 1. The summed E-state index contributed by atoms with van der Waals surface area (Å²) in [6.45, 7) is 0. The maximum absolute atomic E-state index is 12.4. The summed E-state index contributed by atoms with van der Waals surface area (Å²) >= 11 is 1.55. The van der Waals surface area contributed by atoms with Crippen LogP contribution in [0, 0.1) is 0 Å². The molecule has 1 aliphatic heterocycles. The quantitative estimate of drug-likeness (QED) is 0.708. The van der Waals surface area contributed by atoms with Crippen LogP contribution in [0.3, 0.4) is 0 Å². The maximum Gasteiger partial charge on any atom is 0.261 e. The number of carbonyl (C=O) groups excluding carboxylic acids is 3. The molecule has 0 spiro atoms. The number of nitrogens with zero attached hydrogens (tertiary/aromatic N) is 2. The van der Waals surface area contributed by atoms with Crippen molar-refractivity contribution in [2.45, 2.75) is 6.42 Å². The molecule has 1 aromatic heterocycles. The third-order valence-electron chi connectivity index (χ3n) is 4.40. The Kier molecular flexibility index (Phi) is 4.29. The molecule has 0 atom stereocenters. The van der Waals surface area contributed by atoms with Crippen LogP contribution in [0.4, 0.5) is 5.69 Å². The molecule has 0 aliphatic carbocycles. The normalized spacial score (nSPS) is 13.0. The van der Waals surface area contributed by atoms with Gasteiger partial charge in [0.05, 0.1) is 17.5 Å². The molecule has 1 aliphatic rings. The third kappa shape index (κ3) is 3.13. The van der Waals surface area contributed by atoms with E-state index in [9.17, 15) is 14.4 Å². The standard InChI is InChI=1S/C20H15N3O3S/c1-23-19(25)15-4-2-3-13(17(15)20(23)26)11-16(24)22-14-7-5-12(6-8-14)18-21-9-10-27-18/h2-10H,11H2,1H3,(H,22,24).